The van der Waals surface area contributed by atoms with Crippen LogP contribution in [-0.4, -0.2) is 40.9 Å². The summed E-state index contributed by atoms with van der Waals surface area (Å²) in [6, 6.07) is 0. The molecule has 5 N–H and O–H groups in total. The van der Waals surface area contributed by atoms with Crippen LogP contribution in [0.15, 0.2) is 0 Å². The first kappa shape index (κ1) is 18.2. The molecule has 5 heteroatoms. The Morgan fingerprint density at radius 2 is 1.96 bits per heavy atom. The summed E-state index contributed by atoms with van der Waals surface area (Å²) in [5, 5.41) is 23.2. The van der Waals surface area contributed by atoms with E-state index in [9.17, 15) is 15.0 Å². The van der Waals surface area contributed by atoms with E-state index in [2.05, 4.69) is 19.2 Å². The summed E-state index contributed by atoms with van der Waals surface area (Å²) in [5.74, 6) is 1.56. The number of rotatable bonds is 3. The number of aliphatic hydroxyl groups excluding tert-OH is 2. The van der Waals surface area contributed by atoms with Crippen LogP contribution in [-0.2, 0) is 4.79 Å². The first-order valence-electron chi connectivity index (χ1n) is 9.64. The van der Waals surface area contributed by atoms with Crippen molar-refractivity contribution in [3.05, 3.63) is 0 Å². The summed E-state index contributed by atoms with van der Waals surface area (Å²) in [6.45, 7) is 5.26. The number of carbonyl (C=O) groups excluding carboxylic acids is 1. The lowest BCUT2D eigenvalue weighted by Gasteiger charge is -2.58. The lowest BCUT2D eigenvalue weighted by Crippen LogP contribution is -2.63. The predicted octanol–water partition coefficient (Wildman–Crippen LogP) is 1.42. The summed E-state index contributed by atoms with van der Waals surface area (Å²) in [7, 11) is 0. The van der Waals surface area contributed by atoms with E-state index >= 15 is 0 Å². The molecule has 0 aromatic rings. The molecule has 3 fully saturated rings. The molecule has 0 aromatic carbocycles. The molecule has 7 unspecified atom stereocenters. The van der Waals surface area contributed by atoms with Crippen molar-refractivity contribution in [1.29, 1.82) is 0 Å². The van der Waals surface area contributed by atoms with Crippen LogP contribution >= 0.6 is 0 Å². The Bertz CT molecular complexity index is 485. The summed E-state index contributed by atoms with van der Waals surface area (Å²) < 4.78 is 0. The maximum absolute atomic E-state index is 11.9. The van der Waals surface area contributed by atoms with Crippen LogP contribution in [0.3, 0.4) is 0 Å². The standard InChI is InChI=1S/C19H34N2O3/c1-18(7-5-13(23)9-12(18)11-22)15-6-8-19(2)16(14(15)10-20)3-4-17(24)21-19/h12-16,22-23H,3-11,20H2,1-2H3,(H,21,24). The first-order valence-corrected chi connectivity index (χ1v) is 9.64. The second-order valence-electron chi connectivity index (χ2n) is 8.97. The first-order chi connectivity index (χ1) is 11.3. The zero-order chi connectivity index (χ0) is 17.5. The number of nitrogens with one attached hydrogen (secondary N) is 1. The zero-order valence-corrected chi connectivity index (χ0v) is 15.1. The molecule has 138 valence electrons. The SMILES string of the molecule is CC12CCC(C3(C)CCC(O)CC3CO)C(CN)C1CCC(=O)N2. The molecule has 24 heavy (non-hydrogen) atoms. The van der Waals surface area contributed by atoms with Gasteiger partial charge < -0.3 is 21.3 Å². The molecule has 1 saturated heterocycles. The zero-order valence-electron chi connectivity index (χ0n) is 15.1. The maximum atomic E-state index is 11.9. The third-order valence-corrected chi connectivity index (χ3v) is 7.78. The Balaban J connectivity index is 1.87. The van der Waals surface area contributed by atoms with Crippen molar-refractivity contribution in [2.24, 2.45) is 34.8 Å². The van der Waals surface area contributed by atoms with Gasteiger partial charge in [-0.15, -0.1) is 0 Å². The number of piperidine rings is 1. The lowest BCUT2D eigenvalue weighted by atomic mass is 9.49. The van der Waals surface area contributed by atoms with Gasteiger partial charge in [0.2, 0.25) is 5.91 Å². The van der Waals surface area contributed by atoms with Crippen LogP contribution in [0.2, 0.25) is 0 Å². The van der Waals surface area contributed by atoms with Crippen molar-refractivity contribution in [2.75, 3.05) is 13.2 Å². The number of fused-ring (bicyclic) bond motifs is 1. The molecular weight excluding hydrogens is 304 g/mol. The summed E-state index contributed by atoms with van der Waals surface area (Å²) in [5.41, 5.74) is 6.15. The maximum Gasteiger partial charge on any atom is 0.220 e. The molecule has 3 rings (SSSR count). The number of hydrogen-bond acceptors (Lipinski definition) is 4. The van der Waals surface area contributed by atoms with Crippen molar-refractivity contribution in [1.82, 2.24) is 5.32 Å². The van der Waals surface area contributed by atoms with E-state index in [1.54, 1.807) is 0 Å². The molecule has 7 atom stereocenters. The van der Waals surface area contributed by atoms with Gasteiger partial charge in [-0.25, -0.2) is 0 Å². The van der Waals surface area contributed by atoms with E-state index < -0.39 is 0 Å². The highest BCUT2D eigenvalue weighted by Gasteiger charge is 2.55. The van der Waals surface area contributed by atoms with Crippen LogP contribution in [0.25, 0.3) is 0 Å². The Hall–Kier alpha value is -0.650. The van der Waals surface area contributed by atoms with E-state index in [1.165, 1.54) is 0 Å². The lowest BCUT2D eigenvalue weighted by molar-refractivity contribution is -0.134. The molecule has 0 bridgehead atoms. The molecule has 1 amide bonds. The van der Waals surface area contributed by atoms with E-state index in [1.807, 2.05) is 0 Å². The van der Waals surface area contributed by atoms with Gasteiger partial charge in [-0.3, -0.25) is 4.79 Å². The van der Waals surface area contributed by atoms with Crippen molar-refractivity contribution in [2.45, 2.75) is 70.4 Å². The van der Waals surface area contributed by atoms with Gasteiger partial charge in [0.05, 0.1) is 6.10 Å². The smallest absolute Gasteiger partial charge is 0.220 e. The van der Waals surface area contributed by atoms with E-state index in [0.717, 1.165) is 32.1 Å². The third kappa shape index (κ3) is 2.89. The molecule has 2 aliphatic carbocycles. The van der Waals surface area contributed by atoms with Crippen LogP contribution in [0.5, 0.6) is 0 Å². The van der Waals surface area contributed by atoms with Gasteiger partial charge in [0.25, 0.3) is 0 Å². The Labute approximate surface area is 145 Å². The summed E-state index contributed by atoms with van der Waals surface area (Å²) in [6.07, 6.45) is 5.73. The van der Waals surface area contributed by atoms with Gasteiger partial charge in [-0.2, -0.15) is 0 Å². The second-order valence-corrected chi connectivity index (χ2v) is 8.97. The molecule has 2 saturated carbocycles. The highest BCUT2D eigenvalue weighted by Crippen LogP contribution is 2.56. The topological polar surface area (TPSA) is 95.6 Å². The third-order valence-electron chi connectivity index (χ3n) is 7.78. The van der Waals surface area contributed by atoms with Crippen molar-refractivity contribution >= 4 is 5.91 Å². The Morgan fingerprint density at radius 1 is 1.21 bits per heavy atom. The molecule has 0 aromatic heterocycles. The fourth-order valence-corrected chi connectivity index (χ4v) is 6.28. The molecule has 1 aliphatic heterocycles. The van der Waals surface area contributed by atoms with Gasteiger partial charge in [-0.1, -0.05) is 6.92 Å². The van der Waals surface area contributed by atoms with Crippen LogP contribution in [0.4, 0.5) is 0 Å². The van der Waals surface area contributed by atoms with Gasteiger partial charge >= 0.3 is 0 Å². The number of aliphatic hydroxyl groups is 2. The van der Waals surface area contributed by atoms with Gasteiger partial charge in [0.15, 0.2) is 0 Å². The quantitative estimate of drug-likeness (QED) is 0.626. The van der Waals surface area contributed by atoms with Crippen LogP contribution < -0.4 is 11.1 Å². The van der Waals surface area contributed by atoms with E-state index in [-0.39, 0.29) is 35.5 Å². The van der Waals surface area contributed by atoms with E-state index in [0.29, 0.717) is 37.1 Å². The number of hydrogen-bond donors (Lipinski definition) is 4. The normalized spacial score (nSPS) is 49.4. The highest BCUT2D eigenvalue weighted by molar-refractivity contribution is 5.77. The average Bonchev–Trinajstić information content (AvgIpc) is 2.55. The molecule has 0 spiro atoms. The van der Waals surface area contributed by atoms with Gasteiger partial charge in [0.1, 0.15) is 0 Å². The Morgan fingerprint density at radius 3 is 2.62 bits per heavy atom. The fraction of sp³-hybridized carbons (Fsp3) is 0.947. The largest absolute Gasteiger partial charge is 0.396 e. The average molecular weight is 338 g/mol. The second kappa shape index (κ2) is 6.58. The predicted molar refractivity (Wildman–Crippen MR) is 93.1 cm³/mol. The molecular formula is C19H34N2O3. The minimum absolute atomic E-state index is 0.0286. The molecule has 1 heterocycles. The fourth-order valence-electron chi connectivity index (χ4n) is 6.28. The van der Waals surface area contributed by atoms with Crippen LogP contribution in [0.1, 0.15) is 58.8 Å². The molecule has 0 radical (unpaired) electrons. The monoisotopic (exact) mass is 338 g/mol. The number of amides is 1. The van der Waals surface area contributed by atoms with Crippen molar-refractivity contribution in [3.63, 3.8) is 0 Å². The number of nitrogens with two attached hydrogens (primary N) is 1. The van der Waals surface area contributed by atoms with E-state index in [4.69, 9.17) is 5.73 Å². The van der Waals surface area contributed by atoms with Crippen molar-refractivity contribution < 1.29 is 15.0 Å². The number of carbonyl (C=O) groups is 1. The molecule has 3 aliphatic rings. The Kier molecular flexibility index (Phi) is 4.98. The molecule has 5 nitrogen and oxygen atoms in total. The van der Waals surface area contributed by atoms with Gasteiger partial charge in [0, 0.05) is 18.6 Å². The minimum atomic E-state index is -0.283. The van der Waals surface area contributed by atoms with Crippen molar-refractivity contribution in [3.8, 4) is 0 Å². The van der Waals surface area contributed by atoms with Gasteiger partial charge in [-0.05, 0) is 81.1 Å². The summed E-state index contributed by atoms with van der Waals surface area (Å²) >= 11 is 0. The van der Waals surface area contributed by atoms with Crippen LogP contribution in [0, 0.1) is 29.1 Å². The highest BCUT2D eigenvalue weighted by atomic mass is 16.3. The minimum Gasteiger partial charge on any atom is -0.396 e. The summed E-state index contributed by atoms with van der Waals surface area (Å²) in [4.78, 5) is 11.9.